The van der Waals surface area contributed by atoms with E-state index in [1.165, 1.54) is 24.3 Å². The van der Waals surface area contributed by atoms with Crippen molar-refractivity contribution in [1.29, 1.82) is 0 Å². The van der Waals surface area contributed by atoms with Crippen LogP contribution in [-0.4, -0.2) is 24.3 Å². The normalized spacial score (nSPS) is 10.2. The lowest BCUT2D eigenvalue weighted by molar-refractivity contribution is -0.131. The number of alkyl halides is 1. The molecule has 0 spiro atoms. The fourth-order valence-corrected chi connectivity index (χ4v) is 1.79. The Kier molecular flexibility index (Phi) is 4.95. The predicted octanol–water partition coefficient (Wildman–Crippen LogP) is 1.85. The first-order chi connectivity index (χ1) is 10.5. The third-order valence-electron chi connectivity index (χ3n) is 2.70. The molecule has 0 atom stereocenters. The van der Waals surface area contributed by atoms with Crippen molar-refractivity contribution in [3.63, 3.8) is 0 Å². The Hall–Kier alpha value is -2.60. The van der Waals surface area contributed by atoms with E-state index in [1.54, 1.807) is 6.07 Å². The van der Waals surface area contributed by atoms with Gasteiger partial charge in [-0.25, -0.2) is 4.79 Å². The van der Waals surface area contributed by atoms with E-state index in [9.17, 15) is 14.4 Å². The SMILES string of the molecule is C=CCNC(=O)c1cc2ccc(OC(=O)CCl)cc2oc1=O. The zero-order valence-corrected chi connectivity index (χ0v) is 12.2. The number of nitrogens with one attached hydrogen (secondary N) is 1. The van der Waals surface area contributed by atoms with Gasteiger partial charge >= 0.3 is 11.6 Å². The molecule has 114 valence electrons. The molecule has 7 heteroatoms. The van der Waals surface area contributed by atoms with E-state index >= 15 is 0 Å². The molecule has 0 bridgehead atoms. The second kappa shape index (κ2) is 6.91. The minimum atomic E-state index is -0.783. The van der Waals surface area contributed by atoms with Gasteiger partial charge in [0.25, 0.3) is 5.91 Å². The number of ether oxygens (including phenoxy) is 1. The molecule has 1 amide bonds. The summed E-state index contributed by atoms with van der Waals surface area (Å²) in [7, 11) is 0. The van der Waals surface area contributed by atoms with Crippen molar-refractivity contribution < 1.29 is 18.7 Å². The third kappa shape index (κ3) is 3.53. The number of benzene rings is 1. The van der Waals surface area contributed by atoms with Gasteiger partial charge in [0, 0.05) is 18.0 Å². The molecule has 0 unspecified atom stereocenters. The lowest BCUT2D eigenvalue weighted by Crippen LogP contribution is -2.28. The maximum absolute atomic E-state index is 11.8. The van der Waals surface area contributed by atoms with Gasteiger partial charge in [-0.3, -0.25) is 9.59 Å². The topological polar surface area (TPSA) is 85.6 Å². The minimum absolute atomic E-state index is 0.111. The van der Waals surface area contributed by atoms with Gasteiger partial charge in [0.15, 0.2) is 0 Å². The van der Waals surface area contributed by atoms with E-state index in [-0.39, 0.29) is 29.3 Å². The van der Waals surface area contributed by atoms with Gasteiger partial charge in [-0.1, -0.05) is 6.08 Å². The first-order valence-electron chi connectivity index (χ1n) is 6.29. The quantitative estimate of drug-likeness (QED) is 0.299. The zero-order valence-electron chi connectivity index (χ0n) is 11.4. The van der Waals surface area contributed by atoms with Crippen molar-refractivity contribution in [1.82, 2.24) is 5.32 Å². The van der Waals surface area contributed by atoms with Crippen LogP contribution in [-0.2, 0) is 4.79 Å². The van der Waals surface area contributed by atoms with Crippen LogP contribution in [0.3, 0.4) is 0 Å². The Morgan fingerprint density at radius 1 is 1.36 bits per heavy atom. The molecule has 0 fully saturated rings. The molecule has 0 radical (unpaired) electrons. The highest BCUT2D eigenvalue weighted by Crippen LogP contribution is 2.20. The van der Waals surface area contributed by atoms with Gasteiger partial charge in [-0.15, -0.1) is 18.2 Å². The van der Waals surface area contributed by atoms with Gasteiger partial charge in [0.1, 0.15) is 22.8 Å². The molecular formula is C15H12ClNO5. The molecule has 0 saturated heterocycles. The average Bonchev–Trinajstić information content (AvgIpc) is 2.51. The van der Waals surface area contributed by atoms with Crippen LogP contribution in [0.1, 0.15) is 10.4 Å². The van der Waals surface area contributed by atoms with Gasteiger partial charge in [-0.05, 0) is 18.2 Å². The molecule has 0 aliphatic carbocycles. The van der Waals surface area contributed by atoms with Gasteiger partial charge in [0.05, 0.1) is 0 Å². The highest BCUT2D eigenvalue weighted by atomic mass is 35.5. The lowest BCUT2D eigenvalue weighted by atomic mass is 10.1. The van der Waals surface area contributed by atoms with Crippen LogP contribution < -0.4 is 15.7 Å². The van der Waals surface area contributed by atoms with E-state index in [4.69, 9.17) is 20.8 Å². The molecule has 1 N–H and O–H groups in total. The molecule has 0 aliphatic rings. The number of fused-ring (bicyclic) bond motifs is 1. The maximum Gasteiger partial charge on any atom is 0.349 e. The second-order valence-electron chi connectivity index (χ2n) is 4.25. The molecular weight excluding hydrogens is 310 g/mol. The largest absolute Gasteiger partial charge is 0.426 e. The van der Waals surface area contributed by atoms with E-state index in [1.807, 2.05) is 0 Å². The summed E-state index contributed by atoms with van der Waals surface area (Å²) >= 11 is 5.34. The monoisotopic (exact) mass is 321 g/mol. The molecule has 6 nitrogen and oxygen atoms in total. The van der Waals surface area contributed by atoms with Crippen molar-refractivity contribution >= 4 is 34.4 Å². The smallest absolute Gasteiger partial charge is 0.349 e. The molecule has 1 heterocycles. The van der Waals surface area contributed by atoms with Crippen LogP contribution in [0.2, 0.25) is 0 Å². The lowest BCUT2D eigenvalue weighted by Gasteiger charge is -2.05. The van der Waals surface area contributed by atoms with Crippen molar-refractivity contribution in [2.75, 3.05) is 12.4 Å². The molecule has 1 aromatic heterocycles. The zero-order chi connectivity index (χ0) is 16.1. The van der Waals surface area contributed by atoms with E-state index < -0.39 is 17.5 Å². The standard InChI is InChI=1S/C15H12ClNO5/c1-2-5-17-14(19)11-6-9-3-4-10(21-13(18)8-16)7-12(9)22-15(11)20/h2-4,6-7H,1,5,8H2,(H,17,19). The maximum atomic E-state index is 11.8. The number of rotatable bonds is 5. The van der Waals surface area contributed by atoms with Crippen molar-refractivity contribution in [2.24, 2.45) is 0 Å². The second-order valence-corrected chi connectivity index (χ2v) is 4.52. The summed E-state index contributed by atoms with van der Waals surface area (Å²) in [4.78, 5) is 34.8. The molecule has 22 heavy (non-hydrogen) atoms. The van der Waals surface area contributed by atoms with E-state index in [0.29, 0.717) is 5.39 Å². The first-order valence-corrected chi connectivity index (χ1v) is 6.82. The molecule has 0 saturated carbocycles. The summed E-state index contributed by atoms with van der Waals surface area (Å²) in [5.41, 5.74) is -0.695. The summed E-state index contributed by atoms with van der Waals surface area (Å²) < 4.78 is 10.0. The molecule has 2 aromatic rings. The fraction of sp³-hybridized carbons (Fsp3) is 0.133. The number of halogens is 1. The highest BCUT2D eigenvalue weighted by Gasteiger charge is 2.13. The Labute approximate surface area is 130 Å². The summed E-state index contributed by atoms with van der Waals surface area (Å²) in [6.07, 6.45) is 1.50. The molecule has 1 aromatic carbocycles. The number of carbonyl (C=O) groups excluding carboxylic acids is 2. The van der Waals surface area contributed by atoms with Crippen LogP contribution >= 0.6 is 11.6 Å². The van der Waals surface area contributed by atoms with Crippen LogP contribution in [0.4, 0.5) is 0 Å². The van der Waals surface area contributed by atoms with Crippen LogP contribution in [0.15, 0.2) is 46.1 Å². The van der Waals surface area contributed by atoms with Gasteiger partial charge in [-0.2, -0.15) is 0 Å². The summed E-state index contributed by atoms with van der Waals surface area (Å²) in [5, 5.41) is 3.02. The number of hydrogen-bond donors (Lipinski definition) is 1. The fourth-order valence-electron chi connectivity index (χ4n) is 1.73. The highest BCUT2D eigenvalue weighted by molar-refractivity contribution is 6.26. The summed E-state index contributed by atoms with van der Waals surface area (Å²) in [6.45, 7) is 3.71. The first kappa shape index (κ1) is 15.8. The third-order valence-corrected chi connectivity index (χ3v) is 2.92. The van der Waals surface area contributed by atoms with Crippen molar-refractivity contribution in [3.8, 4) is 5.75 Å². The van der Waals surface area contributed by atoms with Crippen LogP contribution in [0, 0.1) is 0 Å². The number of carbonyl (C=O) groups is 2. The Balaban J connectivity index is 2.37. The summed E-state index contributed by atoms with van der Waals surface area (Å²) in [5.74, 6) is -1.26. The van der Waals surface area contributed by atoms with Crippen LogP contribution in [0.5, 0.6) is 5.75 Å². The molecule has 2 rings (SSSR count). The number of amides is 1. The Morgan fingerprint density at radius 2 is 2.14 bits per heavy atom. The van der Waals surface area contributed by atoms with E-state index in [2.05, 4.69) is 11.9 Å². The Morgan fingerprint density at radius 3 is 2.82 bits per heavy atom. The predicted molar refractivity (Wildman–Crippen MR) is 81.4 cm³/mol. The molecule has 0 aliphatic heterocycles. The van der Waals surface area contributed by atoms with Crippen molar-refractivity contribution in [2.45, 2.75) is 0 Å². The summed E-state index contributed by atoms with van der Waals surface area (Å²) in [6, 6.07) is 5.87. The van der Waals surface area contributed by atoms with Gasteiger partial charge in [0.2, 0.25) is 0 Å². The average molecular weight is 322 g/mol. The number of hydrogen-bond acceptors (Lipinski definition) is 5. The van der Waals surface area contributed by atoms with Crippen LogP contribution in [0.25, 0.3) is 11.0 Å². The number of esters is 1. The Bertz CT molecular complexity index is 796. The van der Waals surface area contributed by atoms with E-state index in [0.717, 1.165) is 0 Å². The minimum Gasteiger partial charge on any atom is -0.426 e. The van der Waals surface area contributed by atoms with Gasteiger partial charge < -0.3 is 14.5 Å². The van der Waals surface area contributed by atoms with Crippen molar-refractivity contribution in [3.05, 3.63) is 52.9 Å².